The Hall–Kier alpha value is -2.34. The smallest absolute Gasteiger partial charge is 0.327 e. The highest BCUT2D eigenvalue weighted by atomic mass is 16.8. The highest BCUT2D eigenvalue weighted by Crippen LogP contribution is 2.60. The van der Waals surface area contributed by atoms with Crippen LogP contribution in [-0.2, 0) is 39.9 Å². The summed E-state index contributed by atoms with van der Waals surface area (Å²) in [5.41, 5.74) is 2.88. The van der Waals surface area contributed by atoms with Crippen molar-refractivity contribution in [1.29, 1.82) is 0 Å². The zero-order valence-corrected chi connectivity index (χ0v) is 33.3. The SMILES string of the molecule is CCCCCC1(CCCCC)O[C@@H]2[C@H](O1)[C@H]1ON(Cc3ccc(C=C4CCC5O[C@]5(C)CC[C@@H]5[C@@H]4CC5(C)C)cc3)[C@@H]3C(=O)O[C@@H]2C[C@]13C(=O)NCCO. The second kappa shape index (κ2) is 14.9. The Morgan fingerprint density at radius 2 is 1.69 bits per heavy atom. The molecule has 10 nitrogen and oxygen atoms in total. The molecule has 10 heteroatoms. The van der Waals surface area contributed by atoms with Crippen LogP contribution in [0, 0.1) is 22.7 Å². The number of amides is 1. The summed E-state index contributed by atoms with van der Waals surface area (Å²) in [5, 5.41) is 14.2. The van der Waals surface area contributed by atoms with E-state index < -0.39 is 47.6 Å². The molecule has 0 spiro atoms. The Kier molecular flexibility index (Phi) is 10.6. The minimum Gasteiger partial charge on any atom is -0.458 e. The maximum absolute atomic E-state index is 14.3. The van der Waals surface area contributed by atoms with E-state index >= 15 is 0 Å². The van der Waals surface area contributed by atoms with E-state index in [1.54, 1.807) is 10.6 Å². The highest BCUT2D eigenvalue weighted by Gasteiger charge is 2.76. The summed E-state index contributed by atoms with van der Waals surface area (Å²) in [5.74, 6) is -0.279. The van der Waals surface area contributed by atoms with Crippen LogP contribution in [0.25, 0.3) is 6.08 Å². The number of nitrogens with zero attached hydrogens (tertiary/aromatic N) is 1. The van der Waals surface area contributed by atoms with E-state index in [2.05, 4.69) is 70.3 Å². The van der Waals surface area contributed by atoms with Crippen molar-refractivity contribution in [1.82, 2.24) is 10.4 Å². The predicted molar refractivity (Wildman–Crippen MR) is 204 cm³/mol. The number of esters is 1. The number of benzene rings is 1. The standard InChI is InChI=1S/C44H64N2O8/c1-6-8-10-19-43(20-11-9-7-2)52-35-33-26-44(40(49)45-22-23-47)37(39(48)50-33)46(54-38(44)36(35)53-43)27-29-14-12-28(13-15-29)24-30-16-17-34-42(5,51-34)21-18-32-31(30)25-41(32,3)4/h12-15,24,31-38,47H,6-11,16-23,25-27H2,1-5H3,(H,45,49)/t31-,32-,33-,34?,35+,36+,37-,38-,42-,44-/m1/s1. The van der Waals surface area contributed by atoms with Crippen molar-refractivity contribution in [2.75, 3.05) is 13.2 Å². The van der Waals surface area contributed by atoms with Crippen LogP contribution in [0.15, 0.2) is 29.8 Å². The first-order valence-corrected chi connectivity index (χ1v) is 21.3. The lowest BCUT2D eigenvalue weighted by atomic mass is 9.52. The summed E-state index contributed by atoms with van der Waals surface area (Å²) >= 11 is 0. The van der Waals surface area contributed by atoms with E-state index in [9.17, 15) is 14.7 Å². The molecule has 7 fully saturated rings. The van der Waals surface area contributed by atoms with Gasteiger partial charge < -0.3 is 29.4 Å². The number of aliphatic hydroxyl groups is 1. The Bertz CT molecular complexity index is 1570. The first-order chi connectivity index (χ1) is 26.0. The molecule has 2 N–H and O–H groups in total. The number of fused-ring (bicyclic) bond motifs is 6. The number of nitrogens with one attached hydrogen (secondary N) is 1. The number of hydrogen-bond donors (Lipinski definition) is 2. The van der Waals surface area contributed by atoms with Crippen LogP contribution in [0.3, 0.4) is 0 Å². The van der Waals surface area contributed by atoms with Crippen molar-refractivity contribution in [3.8, 4) is 0 Å². The molecule has 1 unspecified atom stereocenters. The Morgan fingerprint density at radius 1 is 0.963 bits per heavy atom. The highest BCUT2D eigenvalue weighted by molar-refractivity contribution is 5.93. The van der Waals surface area contributed by atoms with Crippen molar-refractivity contribution in [2.45, 2.75) is 179 Å². The summed E-state index contributed by atoms with van der Waals surface area (Å²) < 4.78 is 26.2. The summed E-state index contributed by atoms with van der Waals surface area (Å²) in [4.78, 5) is 35.1. The lowest BCUT2D eigenvalue weighted by Crippen LogP contribution is -2.69. The van der Waals surface area contributed by atoms with Gasteiger partial charge in [0.05, 0.1) is 24.9 Å². The number of carbonyl (C=O) groups excluding carboxylic acids is 2. The molecule has 1 aromatic rings. The molecule has 298 valence electrons. The normalized spacial score (nSPS) is 39.3. The van der Waals surface area contributed by atoms with Gasteiger partial charge in [-0.3, -0.25) is 14.4 Å². The zero-order chi connectivity index (χ0) is 37.9. The minimum atomic E-state index is -1.24. The average Bonchev–Trinajstić information content (AvgIpc) is 3.43. The van der Waals surface area contributed by atoms with E-state index in [0.29, 0.717) is 29.9 Å². The predicted octanol–water partition coefficient (Wildman–Crippen LogP) is 7.01. The number of hydrogen-bond acceptors (Lipinski definition) is 9. The second-order valence-corrected chi connectivity index (χ2v) is 18.6. The van der Waals surface area contributed by atoms with Crippen LogP contribution in [0.2, 0.25) is 0 Å². The second-order valence-electron chi connectivity index (χ2n) is 18.6. The number of carbonyl (C=O) groups is 2. The fourth-order valence-electron chi connectivity index (χ4n) is 11.3. The Balaban J connectivity index is 1.04. The van der Waals surface area contributed by atoms with E-state index in [0.717, 1.165) is 76.2 Å². The number of allylic oxidation sites excluding steroid dienone is 1. The van der Waals surface area contributed by atoms with E-state index in [4.69, 9.17) is 23.8 Å². The summed E-state index contributed by atoms with van der Waals surface area (Å²) in [6.45, 7) is 11.7. The van der Waals surface area contributed by atoms with Gasteiger partial charge in [-0.2, -0.15) is 5.06 Å². The number of epoxide rings is 1. The van der Waals surface area contributed by atoms with Crippen molar-refractivity contribution in [2.24, 2.45) is 22.7 Å². The van der Waals surface area contributed by atoms with Gasteiger partial charge in [0.1, 0.15) is 29.8 Å². The van der Waals surface area contributed by atoms with Gasteiger partial charge in [-0.15, -0.1) is 0 Å². The lowest BCUT2D eigenvalue weighted by Gasteiger charge is -2.53. The molecule has 4 heterocycles. The van der Waals surface area contributed by atoms with Crippen LogP contribution in [0.1, 0.15) is 136 Å². The van der Waals surface area contributed by atoms with Gasteiger partial charge in [-0.1, -0.05) is 89.3 Å². The molecular formula is C44H64N2O8. The largest absolute Gasteiger partial charge is 0.458 e. The first kappa shape index (κ1) is 38.5. The van der Waals surface area contributed by atoms with Crippen molar-refractivity contribution >= 4 is 18.0 Å². The number of hydroxylamine groups is 2. The van der Waals surface area contributed by atoms with E-state index in [-0.39, 0.29) is 31.1 Å². The van der Waals surface area contributed by atoms with Gasteiger partial charge in [-0.05, 0) is 80.2 Å². The van der Waals surface area contributed by atoms with Crippen molar-refractivity contribution < 1.29 is 38.5 Å². The molecule has 3 aliphatic carbocycles. The third-order valence-electron chi connectivity index (χ3n) is 14.5. The monoisotopic (exact) mass is 748 g/mol. The molecular weight excluding hydrogens is 684 g/mol. The number of unbranched alkanes of at least 4 members (excludes halogenated alkanes) is 4. The van der Waals surface area contributed by atoms with Crippen molar-refractivity contribution in [3.63, 3.8) is 0 Å². The molecule has 8 rings (SSSR count). The van der Waals surface area contributed by atoms with Gasteiger partial charge in [0.25, 0.3) is 0 Å². The molecule has 0 aromatic heterocycles. The maximum atomic E-state index is 14.3. The average molecular weight is 749 g/mol. The van der Waals surface area contributed by atoms with Crippen LogP contribution < -0.4 is 5.32 Å². The van der Waals surface area contributed by atoms with Gasteiger partial charge in [-0.25, -0.2) is 0 Å². The molecule has 2 bridgehead atoms. The summed E-state index contributed by atoms with van der Waals surface area (Å²) in [6, 6.07) is 7.59. The number of rotatable bonds is 14. The lowest BCUT2D eigenvalue weighted by molar-refractivity contribution is -0.224. The van der Waals surface area contributed by atoms with Crippen molar-refractivity contribution in [3.05, 3.63) is 41.0 Å². The third-order valence-corrected chi connectivity index (χ3v) is 14.5. The van der Waals surface area contributed by atoms with Crippen LogP contribution in [0.5, 0.6) is 0 Å². The van der Waals surface area contributed by atoms with Crippen LogP contribution >= 0.6 is 0 Å². The molecule has 54 heavy (non-hydrogen) atoms. The molecule has 0 radical (unpaired) electrons. The molecule has 1 amide bonds. The van der Waals surface area contributed by atoms with E-state index in [1.807, 2.05) is 0 Å². The first-order valence-electron chi connectivity index (χ1n) is 21.3. The minimum absolute atomic E-state index is 0.0659. The Morgan fingerprint density at radius 3 is 2.37 bits per heavy atom. The van der Waals surface area contributed by atoms with Gasteiger partial charge in [0.15, 0.2) is 11.8 Å². The molecule has 1 aromatic carbocycles. The molecule has 10 atom stereocenters. The quantitative estimate of drug-likeness (QED) is 0.118. The van der Waals surface area contributed by atoms with Gasteiger partial charge >= 0.3 is 5.97 Å². The van der Waals surface area contributed by atoms with Crippen LogP contribution in [-0.4, -0.2) is 83.1 Å². The fraction of sp³-hybridized carbons (Fsp3) is 0.773. The third kappa shape index (κ3) is 6.78. The molecule has 4 saturated heterocycles. The Labute approximate surface area is 322 Å². The maximum Gasteiger partial charge on any atom is 0.327 e. The summed E-state index contributed by atoms with van der Waals surface area (Å²) in [7, 11) is 0. The molecule has 4 aliphatic heterocycles. The zero-order valence-electron chi connectivity index (χ0n) is 33.3. The van der Waals surface area contributed by atoms with Gasteiger partial charge in [0.2, 0.25) is 5.91 Å². The van der Waals surface area contributed by atoms with Gasteiger partial charge in [0, 0.05) is 25.8 Å². The summed E-state index contributed by atoms with van der Waals surface area (Å²) in [6.07, 6.45) is 14.1. The molecule has 3 saturated carbocycles. The topological polar surface area (TPSA) is 119 Å². The van der Waals surface area contributed by atoms with Crippen LogP contribution in [0.4, 0.5) is 0 Å². The number of ether oxygens (including phenoxy) is 4. The number of aliphatic hydroxyl groups excluding tert-OH is 1. The fourth-order valence-corrected chi connectivity index (χ4v) is 11.3. The van der Waals surface area contributed by atoms with E-state index in [1.165, 1.54) is 18.4 Å². The molecule has 7 aliphatic rings.